The van der Waals surface area contributed by atoms with Gasteiger partial charge < -0.3 is 4.74 Å². The van der Waals surface area contributed by atoms with Crippen LogP contribution in [0.5, 0.6) is 0 Å². The van der Waals surface area contributed by atoms with Crippen LogP contribution in [-0.2, 0) is 14.8 Å². The number of benzene rings is 2. The zero-order valence-electron chi connectivity index (χ0n) is 13.2. The molecular formula is C16H17BrN2O5S. The number of sulfonamides is 1. The van der Waals surface area contributed by atoms with Gasteiger partial charge >= 0.3 is 0 Å². The molecule has 0 aliphatic heterocycles. The number of para-hydroxylation sites is 1. The average Bonchev–Trinajstić information content (AvgIpc) is 2.62. The summed E-state index contributed by atoms with van der Waals surface area (Å²) >= 11 is 3.37. The number of nitrogens with zero attached hydrogens (tertiary/aromatic N) is 1. The van der Waals surface area contributed by atoms with Crippen molar-refractivity contribution >= 4 is 31.6 Å². The van der Waals surface area contributed by atoms with Gasteiger partial charge in [0.15, 0.2) is 4.90 Å². The fourth-order valence-electron chi connectivity index (χ4n) is 2.19. The van der Waals surface area contributed by atoms with E-state index >= 15 is 0 Å². The Morgan fingerprint density at radius 1 is 1.12 bits per heavy atom. The predicted molar refractivity (Wildman–Crippen MR) is 97.2 cm³/mol. The normalized spacial score (nSPS) is 12.7. The van der Waals surface area contributed by atoms with Gasteiger partial charge in [0, 0.05) is 17.9 Å². The molecule has 0 fully saturated rings. The molecule has 0 aliphatic carbocycles. The molecule has 1 N–H and O–H groups in total. The number of ether oxygens (including phenoxy) is 1. The Hall–Kier alpha value is -1.81. The highest BCUT2D eigenvalue weighted by Gasteiger charge is 2.24. The Morgan fingerprint density at radius 3 is 2.40 bits per heavy atom. The first-order valence-corrected chi connectivity index (χ1v) is 10.0. The van der Waals surface area contributed by atoms with Gasteiger partial charge in [0.1, 0.15) is 0 Å². The van der Waals surface area contributed by atoms with Crippen molar-refractivity contribution < 1.29 is 18.1 Å². The maximum absolute atomic E-state index is 12.3. The second kappa shape index (κ2) is 9.04. The third-order valence-corrected chi connectivity index (χ3v) is 5.47. The molecule has 25 heavy (non-hydrogen) atoms. The smallest absolute Gasteiger partial charge is 0.289 e. The Labute approximate surface area is 154 Å². The van der Waals surface area contributed by atoms with Gasteiger partial charge in [-0.05, 0) is 11.6 Å². The molecular weight excluding hydrogens is 412 g/mol. The monoisotopic (exact) mass is 428 g/mol. The Morgan fingerprint density at radius 2 is 1.76 bits per heavy atom. The first kappa shape index (κ1) is 19.5. The number of nitro groups is 1. The molecule has 7 nitrogen and oxygen atoms in total. The van der Waals surface area contributed by atoms with E-state index in [1.165, 1.54) is 18.2 Å². The molecule has 0 saturated heterocycles. The molecule has 1 unspecified atom stereocenters. The van der Waals surface area contributed by atoms with Gasteiger partial charge in [-0.1, -0.05) is 58.4 Å². The Balaban J connectivity index is 1.96. The third kappa shape index (κ3) is 5.33. The van der Waals surface area contributed by atoms with E-state index in [4.69, 9.17) is 4.74 Å². The van der Waals surface area contributed by atoms with E-state index in [9.17, 15) is 18.5 Å². The second-order valence-corrected chi connectivity index (χ2v) is 7.43. The summed E-state index contributed by atoms with van der Waals surface area (Å²) in [6.45, 7) is 0.135. The summed E-state index contributed by atoms with van der Waals surface area (Å²) in [5, 5.41) is 11.5. The maximum atomic E-state index is 12.3. The maximum Gasteiger partial charge on any atom is 0.289 e. The van der Waals surface area contributed by atoms with Crippen molar-refractivity contribution in [2.75, 3.05) is 18.5 Å². The van der Waals surface area contributed by atoms with E-state index < -0.39 is 20.6 Å². The minimum absolute atomic E-state index is 0.00468. The summed E-state index contributed by atoms with van der Waals surface area (Å²) in [7, 11) is -3.99. The van der Waals surface area contributed by atoms with Gasteiger partial charge in [0.25, 0.3) is 5.69 Å². The Bertz CT molecular complexity index is 814. The van der Waals surface area contributed by atoms with Gasteiger partial charge in [-0.25, -0.2) is 13.1 Å². The summed E-state index contributed by atoms with van der Waals surface area (Å²) < 4.78 is 32.5. The molecule has 1 atom stereocenters. The number of hydrogen-bond donors (Lipinski definition) is 1. The minimum Gasteiger partial charge on any atom is -0.371 e. The van der Waals surface area contributed by atoms with Crippen molar-refractivity contribution in [1.82, 2.24) is 4.72 Å². The quantitative estimate of drug-likeness (QED) is 0.286. The number of nitrogens with one attached hydrogen (secondary N) is 1. The van der Waals surface area contributed by atoms with Crippen LogP contribution in [0.3, 0.4) is 0 Å². The Kier molecular flexibility index (Phi) is 7.06. The highest BCUT2D eigenvalue weighted by molar-refractivity contribution is 9.09. The first-order chi connectivity index (χ1) is 12.0. The highest BCUT2D eigenvalue weighted by atomic mass is 79.9. The molecule has 9 heteroatoms. The third-order valence-electron chi connectivity index (χ3n) is 3.38. The average molecular weight is 429 g/mol. The van der Waals surface area contributed by atoms with E-state index in [-0.39, 0.29) is 24.2 Å². The zero-order valence-corrected chi connectivity index (χ0v) is 15.6. The molecule has 0 aliphatic rings. The van der Waals surface area contributed by atoms with Crippen molar-refractivity contribution in [3.8, 4) is 0 Å². The summed E-state index contributed by atoms with van der Waals surface area (Å²) in [6, 6.07) is 14.7. The van der Waals surface area contributed by atoms with E-state index in [1.54, 1.807) is 0 Å². The molecule has 134 valence electrons. The molecule has 0 radical (unpaired) electrons. The molecule has 0 amide bonds. The van der Waals surface area contributed by atoms with Gasteiger partial charge in [0.2, 0.25) is 10.0 Å². The summed E-state index contributed by atoms with van der Waals surface area (Å²) in [5.74, 6) is 0. The lowest BCUT2D eigenvalue weighted by Crippen LogP contribution is -2.28. The SMILES string of the molecule is O=[N+]([O-])c1ccccc1S(=O)(=O)NCCOC(CBr)c1ccccc1. The molecule has 0 saturated carbocycles. The van der Waals surface area contributed by atoms with Crippen LogP contribution >= 0.6 is 15.9 Å². The largest absolute Gasteiger partial charge is 0.371 e. The fraction of sp³-hybridized carbons (Fsp3) is 0.250. The van der Waals surface area contributed by atoms with Gasteiger partial charge in [0.05, 0.1) is 17.6 Å². The van der Waals surface area contributed by atoms with Crippen LogP contribution in [0.1, 0.15) is 11.7 Å². The number of rotatable bonds is 9. The lowest BCUT2D eigenvalue weighted by atomic mass is 10.1. The van der Waals surface area contributed by atoms with Gasteiger partial charge in [-0.2, -0.15) is 0 Å². The van der Waals surface area contributed by atoms with Crippen LogP contribution < -0.4 is 4.72 Å². The van der Waals surface area contributed by atoms with Crippen molar-refractivity contribution in [2.24, 2.45) is 0 Å². The number of nitro benzene ring substituents is 1. The minimum atomic E-state index is -3.99. The molecule has 2 rings (SSSR count). The second-order valence-electron chi connectivity index (χ2n) is 5.05. The number of alkyl halides is 1. The van der Waals surface area contributed by atoms with Crippen molar-refractivity contribution in [1.29, 1.82) is 0 Å². The summed E-state index contributed by atoms with van der Waals surface area (Å²) in [6.07, 6.45) is -0.211. The first-order valence-electron chi connectivity index (χ1n) is 7.41. The lowest BCUT2D eigenvalue weighted by Gasteiger charge is -2.16. The molecule has 0 aromatic heterocycles. The zero-order chi connectivity index (χ0) is 18.3. The molecule has 2 aromatic carbocycles. The van der Waals surface area contributed by atoms with Gasteiger partial charge in [-0.3, -0.25) is 10.1 Å². The van der Waals surface area contributed by atoms with E-state index in [0.717, 1.165) is 11.6 Å². The fourth-order valence-corrected chi connectivity index (χ4v) is 3.93. The predicted octanol–water partition coefficient (Wildman–Crippen LogP) is 3.03. The lowest BCUT2D eigenvalue weighted by molar-refractivity contribution is -0.387. The van der Waals surface area contributed by atoms with Crippen molar-refractivity contribution in [3.05, 3.63) is 70.3 Å². The topological polar surface area (TPSA) is 98.5 Å². The van der Waals surface area contributed by atoms with Crippen LogP contribution in [0.4, 0.5) is 5.69 Å². The standard InChI is InChI=1S/C16H17BrN2O5S/c17-12-15(13-6-2-1-3-7-13)24-11-10-18-25(22,23)16-9-5-4-8-14(16)19(20)21/h1-9,15,18H,10-12H2. The molecule has 0 bridgehead atoms. The summed E-state index contributed by atoms with van der Waals surface area (Å²) in [5.41, 5.74) is 0.513. The number of halogens is 1. The van der Waals surface area contributed by atoms with Crippen LogP contribution in [0.15, 0.2) is 59.5 Å². The molecule has 0 heterocycles. The molecule has 2 aromatic rings. The van der Waals surface area contributed by atoms with Crippen LogP contribution in [0, 0.1) is 10.1 Å². The number of hydrogen-bond acceptors (Lipinski definition) is 5. The molecule has 0 spiro atoms. The van der Waals surface area contributed by atoms with Crippen LogP contribution in [0.25, 0.3) is 0 Å². The van der Waals surface area contributed by atoms with E-state index in [2.05, 4.69) is 20.7 Å². The summed E-state index contributed by atoms with van der Waals surface area (Å²) in [4.78, 5) is 9.88. The van der Waals surface area contributed by atoms with Crippen molar-refractivity contribution in [3.63, 3.8) is 0 Å². The highest BCUT2D eigenvalue weighted by Crippen LogP contribution is 2.23. The van der Waals surface area contributed by atoms with Crippen molar-refractivity contribution in [2.45, 2.75) is 11.0 Å². The van der Waals surface area contributed by atoms with Crippen LogP contribution in [0.2, 0.25) is 0 Å². The van der Waals surface area contributed by atoms with Crippen LogP contribution in [-0.4, -0.2) is 31.8 Å². The van der Waals surface area contributed by atoms with E-state index in [0.29, 0.717) is 5.33 Å². The van der Waals surface area contributed by atoms with E-state index in [1.807, 2.05) is 30.3 Å². The van der Waals surface area contributed by atoms with Gasteiger partial charge in [-0.15, -0.1) is 0 Å².